The molecule has 0 bridgehead atoms. The Balaban J connectivity index is 1.87. The molecule has 0 spiro atoms. The van der Waals surface area contributed by atoms with Gasteiger partial charge in [-0.25, -0.2) is 10.2 Å². The molecule has 0 aliphatic carbocycles. The highest BCUT2D eigenvalue weighted by molar-refractivity contribution is 9.10. The van der Waals surface area contributed by atoms with Crippen molar-refractivity contribution in [3.63, 3.8) is 0 Å². The second-order valence-electron chi connectivity index (χ2n) is 7.69. The number of benzene rings is 2. The van der Waals surface area contributed by atoms with E-state index >= 15 is 0 Å². The van der Waals surface area contributed by atoms with E-state index < -0.39 is 5.97 Å². The number of rotatable bonds is 14. The number of amides is 1. The van der Waals surface area contributed by atoms with Crippen LogP contribution in [0.25, 0.3) is 0 Å². The maximum absolute atomic E-state index is 12.5. The minimum absolute atomic E-state index is 0.122. The molecule has 1 N–H and O–H groups in total. The van der Waals surface area contributed by atoms with Crippen LogP contribution in [0.2, 0.25) is 0 Å². The third-order valence-corrected chi connectivity index (χ3v) is 5.47. The molecule has 0 heterocycles. The highest BCUT2D eigenvalue weighted by atomic mass is 79.9. The van der Waals surface area contributed by atoms with Gasteiger partial charge in [0.2, 0.25) is 5.91 Å². The van der Waals surface area contributed by atoms with Crippen molar-refractivity contribution in [1.82, 2.24) is 5.43 Å². The number of ether oxygens (including phenoxy) is 2. The van der Waals surface area contributed by atoms with Gasteiger partial charge in [-0.2, -0.15) is 5.10 Å². The fraction of sp³-hybridized carbons (Fsp3) is 0.423. The molecule has 33 heavy (non-hydrogen) atoms. The van der Waals surface area contributed by atoms with Crippen molar-refractivity contribution in [2.24, 2.45) is 5.10 Å². The summed E-state index contributed by atoms with van der Waals surface area (Å²) in [6.07, 6.45) is 10.0. The summed E-state index contributed by atoms with van der Waals surface area (Å²) >= 11 is 3.41. The van der Waals surface area contributed by atoms with Gasteiger partial charge >= 0.3 is 5.97 Å². The molecule has 1 amide bonds. The first kappa shape index (κ1) is 26.6. The maximum atomic E-state index is 12.5. The zero-order valence-electron chi connectivity index (χ0n) is 19.4. The number of nitrogens with zero attached hydrogens (tertiary/aromatic N) is 1. The third-order valence-electron chi connectivity index (χ3n) is 4.98. The quantitative estimate of drug-likeness (QED) is 0.100. The van der Waals surface area contributed by atoms with Crippen LogP contribution in [0.5, 0.6) is 11.5 Å². The zero-order chi connectivity index (χ0) is 23.9. The van der Waals surface area contributed by atoms with Gasteiger partial charge in [0.1, 0.15) is 11.5 Å². The molecule has 0 unspecified atom stereocenters. The van der Waals surface area contributed by atoms with Crippen molar-refractivity contribution >= 4 is 34.0 Å². The number of hydrogen-bond acceptors (Lipinski definition) is 5. The van der Waals surface area contributed by atoms with Gasteiger partial charge in [0.15, 0.2) is 0 Å². The van der Waals surface area contributed by atoms with Crippen molar-refractivity contribution in [2.45, 2.75) is 65.2 Å². The summed E-state index contributed by atoms with van der Waals surface area (Å²) in [5, 5.41) is 4.04. The number of unbranched alkanes of at least 4 members (excludes halogenated alkanes) is 6. The van der Waals surface area contributed by atoms with E-state index in [0.29, 0.717) is 35.7 Å². The van der Waals surface area contributed by atoms with E-state index in [-0.39, 0.29) is 5.91 Å². The molecule has 0 fully saturated rings. The summed E-state index contributed by atoms with van der Waals surface area (Å²) in [6.45, 7) is 4.66. The predicted molar refractivity (Wildman–Crippen MR) is 135 cm³/mol. The molecule has 178 valence electrons. The topological polar surface area (TPSA) is 77.0 Å². The number of hydrogen-bond donors (Lipinski definition) is 1. The zero-order valence-corrected chi connectivity index (χ0v) is 21.0. The molecule has 2 aromatic rings. The van der Waals surface area contributed by atoms with Crippen LogP contribution >= 0.6 is 15.9 Å². The maximum Gasteiger partial charge on any atom is 0.343 e. The molecule has 2 rings (SSSR count). The Kier molecular flexibility index (Phi) is 12.3. The average Bonchev–Trinajstić information content (AvgIpc) is 2.81. The van der Waals surface area contributed by atoms with Crippen molar-refractivity contribution < 1.29 is 19.1 Å². The van der Waals surface area contributed by atoms with Crippen LogP contribution in [-0.2, 0) is 4.79 Å². The Bertz CT molecular complexity index is 913. The summed E-state index contributed by atoms with van der Waals surface area (Å²) in [5.41, 5.74) is 3.53. The molecular weight excluding hydrogens is 484 g/mol. The lowest BCUT2D eigenvalue weighted by atomic mass is 10.1. The van der Waals surface area contributed by atoms with Crippen LogP contribution in [0.15, 0.2) is 52.0 Å². The Morgan fingerprint density at radius 2 is 1.67 bits per heavy atom. The number of halogens is 1. The SMILES string of the molecule is CCCCCCCCCC(=O)N/N=C\c1cc(Br)ccc1OC(=O)c1ccc(OCC)cc1. The average molecular weight is 517 g/mol. The van der Waals surface area contributed by atoms with Gasteiger partial charge in [0, 0.05) is 16.5 Å². The molecule has 0 saturated heterocycles. The Labute approximate surface area is 204 Å². The molecule has 0 aliphatic heterocycles. The number of carbonyl (C=O) groups excluding carboxylic acids is 2. The third kappa shape index (κ3) is 10.2. The van der Waals surface area contributed by atoms with E-state index in [1.165, 1.54) is 31.9 Å². The first-order valence-corrected chi connectivity index (χ1v) is 12.4. The van der Waals surface area contributed by atoms with Crippen LogP contribution in [0.3, 0.4) is 0 Å². The smallest absolute Gasteiger partial charge is 0.343 e. The second kappa shape index (κ2) is 15.2. The van der Waals surface area contributed by atoms with Crippen LogP contribution in [0, 0.1) is 0 Å². The van der Waals surface area contributed by atoms with Gasteiger partial charge in [-0.3, -0.25) is 4.79 Å². The van der Waals surface area contributed by atoms with Crippen molar-refractivity contribution in [3.05, 3.63) is 58.1 Å². The fourth-order valence-corrected chi connectivity index (χ4v) is 3.58. The lowest BCUT2D eigenvalue weighted by molar-refractivity contribution is -0.121. The lowest BCUT2D eigenvalue weighted by Crippen LogP contribution is -2.17. The molecule has 0 aliphatic rings. The van der Waals surface area contributed by atoms with Crippen molar-refractivity contribution in [3.8, 4) is 11.5 Å². The molecule has 0 radical (unpaired) electrons. The summed E-state index contributed by atoms with van der Waals surface area (Å²) in [6, 6.07) is 12.0. The van der Waals surface area contributed by atoms with Gasteiger partial charge in [-0.1, -0.05) is 61.4 Å². The molecule has 7 heteroatoms. The highest BCUT2D eigenvalue weighted by Gasteiger charge is 2.12. The lowest BCUT2D eigenvalue weighted by Gasteiger charge is -2.09. The normalized spacial score (nSPS) is 10.9. The molecule has 0 atom stereocenters. The number of nitrogens with one attached hydrogen (secondary N) is 1. The summed E-state index contributed by atoms with van der Waals surface area (Å²) in [4.78, 5) is 24.6. The Hall–Kier alpha value is -2.67. The fourth-order valence-electron chi connectivity index (χ4n) is 3.20. The monoisotopic (exact) mass is 516 g/mol. The first-order valence-electron chi connectivity index (χ1n) is 11.6. The number of hydrazone groups is 1. The highest BCUT2D eigenvalue weighted by Crippen LogP contribution is 2.23. The van der Waals surface area contributed by atoms with Crippen LogP contribution < -0.4 is 14.9 Å². The van der Waals surface area contributed by atoms with Gasteiger partial charge in [-0.15, -0.1) is 0 Å². The van der Waals surface area contributed by atoms with Crippen LogP contribution in [0.1, 0.15) is 81.1 Å². The summed E-state index contributed by atoms with van der Waals surface area (Å²) < 4.78 is 11.8. The molecule has 6 nitrogen and oxygen atoms in total. The minimum Gasteiger partial charge on any atom is -0.494 e. The van der Waals surface area contributed by atoms with Crippen molar-refractivity contribution in [1.29, 1.82) is 0 Å². The van der Waals surface area contributed by atoms with Gasteiger partial charge in [-0.05, 0) is 55.8 Å². The summed E-state index contributed by atoms with van der Waals surface area (Å²) in [7, 11) is 0. The van der Waals surface area contributed by atoms with E-state index in [1.807, 2.05) is 6.92 Å². The molecule has 0 saturated carbocycles. The van der Waals surface area contributed by atoms with Gasteiger partial charge in [0.05, 0.1) is 18.4 Å². The molecular formula is C26H33BrN2O4. The van der Waals surface area contributed by atoms with Gasteiger partial charge < -0.3 is 9.47 Å². The Morgan fingerprint density at radius 1 is 0.970 bits per heavy atom. The van der Waals surface area contributed by atoms with E-state index in [4.69, 9.17) is 9.47 Å². The standard InChI is InChI=1S/C26H33BrN2O4/c1-3-5-6-7-8-9-10-11-25(30)29-28-19-21-18-22(27)14-17-24(21)33-26(31)20-12-15-23(16-13-20)32-4-2/h12-19H,3-11H2,1-2H3,(H,29,30)/b28-19-. The molecule has 2 aromatic carbocycles. The minimum atomic E-state index is -0.488. The molecule has 0 aromatic heterocycles. The summed E-state index contributed by atoms with van der Waals surface area (Å²) in [5.74, 6) is 0.431. The number of esters is 1. The van der Waals surface area contributed by atoms with Gasteiger partial charge in [0.25, 0.3) is 0 Å². The van der Waals surface area contributed by atoms with E-state index in [1.54, 1.807) is 42.5 Å². The predicted octanol–water partition coefficient (Wildman–Crippen LogP) is 6.66. The van der Waals surface area contributed by atoms with Crippen LogP contribution in [-0.4, -0.2) is 24.7 Å². The first-order chi connectivity index (χ1) is 16.0. The van der Waals surface area contributed by atoms with E-state index in [0.717, 1.165) is 23.7 Å². The van der Waals surface area contributed by atoms with E-state index in [2.05, 4.69) is 33.4 Å². The van der Waals surface area contributed by atoms with Crippen LogP contribution in [0.4, 0.5) is 0 Å². The second-order valence-corrected chi connectivity index (χ2v) is 8.61. The van der Waals surface area contributed by atoms with E-state index in [9.17, 15) is 9.59 Å². The Morgan fingerprint density at radius 3 is 2.36 bits per heavy atom. The number of carbonyl (C=O) groups is 2. The largest absolute Gasteiger partial charge is 0.494 e. The van der Waals surface area contributed by atoms with Crippen molar-refractivity contribution in [2.75, 3.05) is 6.61 Å².